The van der Waals surface area contributed by atoms with Crippen LogP contribution < -0.4 is 10.1 Å². The van der Waals surface area contributed by atoms with Gasteiger partial charge in [0.05, 0.1) is 20.2 Å². The van der Waals surface area contributed by atoms with Gasteiger partial charge < -0.3 is 19.9 Å². The summed E-state index contributed by atoms with van der Waals surface area (Å²) in [6.45, 7) is 2.94. The van der Waals surface area contributed by atoms with E-state index in [-0.39, 0.29) is 36.4 Å². The van der Waals surface area contributed by atoms with Gasteiger partial charge in [-0.3, -0.25) is 4.79 Å². The molecule has 0 bridgehead atoms. The van der Waals surface area contributed by atoms with E-state index in [0.717, 1.165) is 30.4 Å². The molecule has 1 aliphatic heterocycles. The molecule has 1 aromatic carbocycles. The minimum Gasteiger partial charge on any atom is -0.497 e. The summed E-state index contributed by atoms with van der Waals surface area (Å²) in [4.78, 5) is 20.7. The number of likely N-dealkylation sites (N-methyl/N-ethyl adjacent to an activating group) is 1. The van der Waals surface area contributed by atoms with Crippen LogP contribution >= 0.6 is 24.0 Å². The highest BCUT2D eigenvalue weighted by atomic mass is 127. The molecule has 150 valence electrons. The number of carbonyl (C=O) groups is 1. The molecule has 1 saturated heterocycles. The number of benzene rings is 1. The Hall–Kier alpha value is -1.51. The van der Waals surface area contributed by atoms with Crippen molar-refractivity contribution in [1.82, 2.24) is 15.1 Å². The summed E-state index contributed by atoms with van der Waals surface area (Å²) in [5.74, 6) is 1.75. The lowest BCUT2D eigenvalue weighted by Gasteiger charge is -2.38. The normalized spacial score (nSPS) is 17.9. The number of ether oxygens (including phenoxy) is 1. The zero-order valence-corrected chi connectivity index (χ0v) is 18.9. The molecular weight excluding hydrogens is 455 g/mol. The van der Waals surface area contributed by atoms with E-state index in [9.17, 15) is 4.79 Å². The number of nitrogens with zero attached hydrogens (tertiary/aromatic N) is 3. The van der Waals surface area contributed by atoms with Gasteiger partial charge in [0, 0.05) is 27.2 Å². The summed E-state index contributed by atoms with van der Waals surface area (Å²) < 4.78 is 5.21. The first-order valence-corrected chi connectivity index (χ1v) is 9.38. The summed E-state index contributed by atoms with van der Waals surface area (Å²) in [7, 11) is 5.22. The average Bonchev–Trinajstić information content (AvgIpc) is 3.08. The number of amides is 1. The predicted octanol–water partition coefficient (Wildman–Crippen LogP) is 2.72. The summed E-state index contributed by atoms with van der Waals surface area (Å²) in [6.07, 6.45) is 5.23. The molecule has 7 heteroatoms. The molecule has 1 aromatic rings. The van der Waals surface area contributed by atoms with Crippen molar-refractivity contribution in [3.8, 4) is 5.75 Å². The van der Waals surface area contributed by atoms with E-state index in [0.29, 0.717) is 12.0 Å². The lowest BCUT2D eigenvalue weighted by Crippen LogP contribution is -2.45. The average molecular weight is 486 g/mol. The molecule has 1 amide bonds. The van der Waals surface area contributed by atoms with Gasteiger partial charge in [-0.25, -0.2) is 4.99 Å². The predicted molar refractivity (Wildman–Crippen MR) is 119 cm³/mol. The van der Waals surface area contributed by atoms with Crippen molar-refractivity contribution in [2.75, 3.05) is 40.8 Å². The quantitative estimate of drug-likeness (QED) is 0.395. The fourth-order valence-electron chi connectivity index (χ4n) is 3.68. The van der Waals surface area contributed by atoms with Crippen molar-refractivity contribution >= 4 is 35.8 Å². The van der Waals surface area contributed by atoms with Crippen LogP contribution in [0.5, 0.6) is 5.75 Å². The van der Waals surface area contributed by atoms with E-state index in [1.54, 1.807) is 26.1 Å². The van der Waals surface area contributed by atoms with Crippen LogP contribution in [0.2, 0.25) is 0 Å². The molecule has 0 aromatic heterocycles. The van der Waals surface area contributed by atoms with Crippen LogP contribution in [0.1, 0.15) is 31.2 Å². The zero-order chi connectivity index (χ0) is 18.6. The summed E-state index contributed by atoms with van der Waals surface area (Å²) >= 11 is 0. The minimum atomic E-state index is 0. The van der Waals surface area contributed by atoms with E-state index in [4.69, 9.17) is 9.73 Å². The van der Waals surface area contributed by atoms with Crippen molar-refractivity contribution in [2.24, 2.45) is 10.4 Å². The number of likely N-dealkylation sites (tertiary alicyclic amines) is 1. The van der Waals surface area contributed by atoms with Crippen molar-refractivity contribution in [1.29, 1.82) is 0 Å². The van der Waals surface area contributed by atoms with Gasteiger partial charge in [-0.2, -0.15) is 0 Å². The summed E-state index contributed by atoms with van der Waals surface area (Å²) in [5.41, 5.74) is 1.62. The van der Waals surface area contributed by atoms with Gasteiger partial charge in [-0.1, -0.05) is 18.6 Å². The number of halogens is 1. The second-order valence-electron chi connectivity index (χ2n) is 7.65. The monoisotopic (exact) mass is 486 g/mol. The van der Waals surface area contributed by atoms with Crippen molar-refractivity contribution in [3.05, 3.63) is 29.8 Å². The maximum Gasteiger partial charge on any atom is 0.241 e. The third kappa shape index (κ3) is 5.49. The van der Waals surface area contributed by atoms with Gasteiger partial charge in [0.25, 0.3) is 0 Å². The van der Waals surface area contributed by atoms with Crippen molar-refractivity contribution < 1.29 is 9.53 Å². The fourth-order valence-corrected chi connectivity index (χ4v) is 3.68. The maximum absolute atomic E-state index is 12.0. The molecule has 1 N–H and O–H groups in total. The first-order chi connectivity index (χ1) is 12.5. The molecule has 0 atom stereocenters. The van der Waals surface area contributed by atoms with Crippen LogP contribution in [0.3, 0.4) is 0 Å². The second kappa shape index (κ2) is 9.61. The number of methoxy groups -OCH3 is 1. The number of aliphatic imine (C=N–C) groups is 1. The Morgan fingerprint density at radius 3 is 2.48 bits per heavy atom. The van der Waals surface area contributed by atoms with E-state index in [2.05, 4.69) is 10.2 Å². The molecule has 6 nitrogen and oxygen atoms in total. The third-order valence-corrected chi connectivity index (χ3v) is 5.62. The molecule has 2 aliphatic rings. The summed E-state index contributed by atoms with van der Waals surface area (Å²) in [6, 6.07) is 7.96. The smallest absolute Gasteiger partial charge is 0.241 e. The fraction of sp³-hybridized carbons (Fsp3) is 0.600. The van der Waals surface area contributed by atoms with Gasteiger partial charge in [0.15, 0.2) is 5.96 Å². The van der Waals surface area contributed by atoms with Crippen LogP contribution in [0.4, 0.5) is 0 Å². The molecule has 1 heterocycles. The first kappa shape index (κ1) is 21.8. The zero-order valence-electron chi connectivity index (χ0n) is 16.5. The Morgan fingerprint density at radius 1 is 1.26 bits per heavy atom. The number of carbonyl (C=O) groups excluding carboxylic acids is 1. The minimum absolute atomic E-state index is 0. The van der Waals surface area contributed by atoms with Crippen LogP contribution in [0.25, 0.3) is 0 Å². The highest BCUT2D eigenvalue weighted by molar-refractivity contribution is 14.0. The molecule has 0 unspecified atom stereocenters. The van der Waals surface area contributed by atoms with Gasteiger partial charge in [0.1, 0.15) is 5.75 Å². The molecule has 0 radical (unpaired) electrons. The van der Waals surface area contributed by atoms with Crippen LogP contribution in [0, 0.1) is 5.41 Å². The largest absolute Gasteiger partial charge is 0.497 e. The van der Waals surface area contributed by atoms with Crippen molar-refractivity contribution in [3.63, 3.8) is 0 Å². The van der Waals surface area contributed by atoms with E-state index in [1.165, 1.54) is 25.7 Å². The highest BCUT2D eigenvalue weighted by Gasteiger charge is 2.43. The van der Waals surface area contributed by atoms with E-state index in [1.807, 2.05) is 24.3 Å². The molecule has 1 saturated carbocycles. The molecule has 1 aliphatic carbocycles. The van der Waals surface area contributed by atoms with Crippen LogP contribution in [-0.2, 0) is 11.3 Å². The lowest BCUT2D eigenvalue weighted by molar-refractivity contribution is -0.127. The molecule has 1 spiro atoms. The number of guanidine groups is 1. The SMILES string of the molecule is COc1ccc(CN=C(NCC(=O)N(C)C)N2CCC3(CCC3)C2)cc1.I. The number of hydrogen-bond donors (Lipinski definition) is 1. The standard InChI is InChI=1S/C20H30N4O2.HI/c1-23(2)18(25)14-22-19(24-12-11-20(15-24)9-4-10-20)21-13-16-5-7-17(26-3)8-6-16;/h5-8H,4,9-15H2,1-3H3,(H,21,22);1H. The van der Waals surface area contributed by atoms with Gasteiger partial charge in [-0.05, 0) is 42.4 Å². The van der Waals surface area contributed by atoms with Gasteiger partial charge in [-0.15, -0.1) is 24.0 Å². The number of hydrogen-bond acceptors (Lipinski definition) is 3. The lowest BCUT2D eigenvalue weighted by atomic mass is 9.68. The molecule has 27 heavy (non-hydrogen) atoms. The van der Waals surface area contributed by atoms with Gasteiger partial charge in [0.2, 0.25) is 5.91 Å². The Morgan fingerprint density at radius 2 is 1.96 bits per heavy atom. The van der Waals surface area contributed by atoms with Crippen molar-refractivity contribution in [2.45, 2.75) is 32.2 Å². The Labute approximate surface area is 179 Å². The van der Waals surface area contributed by atoms with Crippen LogP contribution in [-0.4, -0.2) is 62.5 Å². The summed E-state index contributed by atoms with van der Waals surface area (Å²) in [5, 5.41) is 3.28. The number of rotatable bonds is 5. The van der Waals surface area contributed by atoms with Gasteiger partial charge >= 0.3 is 0 Å². The molecule has 2 fully saturated rings. The first-order valence-electron chi connectivity index (χ1n) is 9.38. The molecule has 3 rings (SSSR count). The third-order valence-electron chi connectivity index (χ3n) is 5.62. The Bertz CT molecular complexity index is 656. The topological polar surface area (TPSA) is 57.2 Å². The maximum atomic E-state index is 12.0. The molecular formula is C20H31IN4O2. The number of nitrogens with one attached hydrogen (secondary N) is 1. The Balaban J connectivity index is 0.00000261. The second-order valence-corrected chi connectivity index (χ2v) is 7.65. The van der Waals surface area contributed by atoms with E-state index < -0.39 is 0 Å². The Kier molecular flexibility index (Phi) is 7.76. The van der Waals surface area contributed by atoms with E-state index >= 15 is 0 Å². The van der Waals surface area contributed by atoms with Crippen LogP contribution in [0.15, 0.2) is 29.3 Å². The highest BCUT2D eigenvalue weighted by Crippen LogP contribution is 2.47.